The number of halogens is 2. The number of fused-ring (bicyclic) bond motifs is 5. The van der Waals surface area contributed by atoms with Crippen LogP contribution in [0.1, 0.15) is 104 Å². The molecule has 99 heavy (non-hydrogen) atoms. The summed E-state index contributed by atoms with van der Waals surface area (Å²) < 4.78 is 29.8. The lowest BCUT2D eigenvalue weighted by molar-refractivity contribution is -0.146. The average molecular weight is 1400 g/mol. The molecule has 1 aliphatic carbocycles. The number of phenols is 1. The number of carbonyl (C=O) groups is 11. The number of rotatable bonds is 13. The third-order valence-corrected chi connectivity index (χ3v) is 20.0. The van der Waals surface area contributed by atoms with Gasteiger partial charge in [-0.05, 0) is 114 Å². The van der Waals surface area contributed by atoms with Crippen molar-refractivity contribution in [3.8, 4) is 5.75 Å². The molecule has 29 heteroatoms. The highest BCUT2D eigenvalue weighted by Crippen LogP contribution is 2.35. The number of aromatic hydroxyl groups is 1. The molecule has 2 aromatic heterocycles. The number of carboxylic acids is 1. The molecule has 4 heterocycles. The maximum absolute atomic E-state index is 15.2. The number of nitrogens with two attached hydrogens (primary N) is 1. The van der Waals surface area contributed by atoms with Gasteiger partial charge in [0.2, 0.25) is 53.2 Å². The van der Waals surface area contributed by atoms with Crippen LogP contribution in [0.4, 0.5) is 8.78 Å². The van der Waals surface area contributed by atoms with Gasteiger partial charge in [0.1, 0.15) is 53.6 Å². The Kier molecular flexibility index (Phi) is 25.2. The van der Waals surface area contributed by atoms with Gasteiger partial charge in [-0.15, -0.1) is 0 Å². The smallest absolute Gasteiger partial charge is 0.305 e. The number of allylic oxidation sites excluding steroid dienone is 1. The van der Waals surface area contributed by atoms with Gasteiger partial charge in [-0.3, -0.25) is 52.7 Å². The summed E-state index contributed by atoms with van der Waals surface area (Å²) in [5.74, 6) is -10.7. The third kappa shape index (κ3) is 19.9. The molecule has 3 aliphatic rings. The van der Waals surface area contributed by atoms with E-state index in [4.69, 9.17) is 5.73 Å². The zero-order chi connectivity index (χ0) is 70.9. The van der Waals surface area contributed by atoms with Crippen LogP contribution in [0, 0.1) is 17.6 Å². The second-order valence-corrected chi connectivity index (χ2v) is 27.3. The van der Waals surface area contributed by atoms with E-state index in [0.717, 1.165) is 11.1 Å². The lowest BCUT2D eigenvalue weighted by Gasteiger charge is -2.37. The van der Waals surface area contributed by atoms with Crippen LogP contribution >= 0.6 is 23.5 Å². The molecule has 0 radical (unpaired) electrons. The highest BCUT2D eigenvalue weighted by atomic mass is 32.2. The van der Waals surface area contributed by atoms with E-state index >= 15 is 19.2 Å². The maximum Gasteiger partial charge on any atom is 0.305 e. The van der Waals surface area contributed by atoms with E-state index in [2.05, 4.69) is 52.2 Å². The molecule has 2 bridgehead atoms. The van der Waals surface area contributed by atoms with E-state index in [-0.39, 0.29) is 75.1 Å². The van der Waals surface area contributed by atoms with Crippen molar-refractivity contribution in [3.05, 3.63) is 160 Å². The van der Waals surface area contributed by atoms with E-state index in [1.165, 1.54) is 102 Å². The summed E-state index contributed by atoms with van der Waals surface area (Å²) in [4.78, 5) is 168. The van der Waals surface area contributed by atoms with Gasteiger partial charge in [0.05, 0.1) is 30.7 Å². The minimum absolute atomic E-state index is 0.0398. The minimum atomic E-state index is -2.02. The Hall–Kier alpha value is -9.90. The van der Waals surface area contributed by atoms with Crippen LogP contribution in [0.2, 0.25) is 0 Å². The first kappa shape index (κ1) is 73.3. The number of nitrogens with zero attached hydrogens (tertiary/aromatic N) is 2. The second-order valence-electron chi connectivity index (χ2n) is 25.1. The van der Waals surface area contributed by atoms with Gasteiger partial charge in [-0.25, -0.2) is 13.8 Å². The van der Waals surface area contributed by atoms with Crippen LogP contribution in [0.25, 0.3) is 16.5 Å². The molecule has 1 saturated heterocycles. The number of aliphatic carboxylic acids is 1. The number of ketones is 1. The van der Waals surface area contributed by atoms with Crippen molar-refractivity contribution in [2.75, 3.05) is 24.6 Å². The number of thioether (sulfide) groups is 2. The fourth-order valence-corrected chi connectivity index (χ4v) is 14.4. The lowest BCUT2D eigenvalue weighted by atomic mass is 9.86. The molecule has 9 rings (SSSR count). The number of carbonyl (C=O) groups excluding carboxylic acids is 10. The first-order valence-corrected chi connectivity index (χ1v) is 34.9. The first-order chi connectivity index (χ1) is 47.4. The van der Waals surface area contributed by atoms with Crippen LogP contribution in [-0.4, -0.2) is 161 Å². The molecule has 0 saturated carbocycles. The summed E-state index contributed by atoms with van der Waals surface area (Å²) in [5.41, 5.74) is 9.26. The number of benzene rings is 4. The van der Waals surface area contributed by atoms with Gasteiger partial charge in [-0.1, -0.05) is 61.9 Å². The van der Waals surface area contributed by atoms with Crippen molar-refractivity contribution in [2.24, 2.45) is 11.7 Å². The topological polar surface area (TPSA) is 386 Å². The molecular weight excluding hydrogens is 1320 g/mol. The van der Waals surface area contributed by atoms with Crippen molar-refractivity contribution in [3.63, 3.8) is 0 Å². The molecule has 9 amide bonds. The molecule has 0 unspecified atom stereocenters. The number of aromatic nitrogens is 3. The van der Waals surface area contributed by atoms with Gasteiger partial charge >= 0.3 is 5.97 Å². The first-order valence-electron chi connectivity index (χ1n) is 32.6. The molecule has 2 aliphatic heterocycles. The number of amides is 9. The second kappa shape index (κ2) is 34.1. The zero-order valence-electron chi connectivity index (χ0n) is 54.6. The van der Waals surface area contributed by atoms with Crippen molar-refractivity contribution >= 4 is 105 Å². The Morgan fingerprint density at radius 2 is 1.37 bits per heavy atom. The number of aromatic amines is 2. The van der Waals surface area contributed by atoms with Crippen LogP contribution in [-0.2, 0) is 89.9 Å². The Balaban J connectivity index is 1.05. The number of hydrogen-bond acceptors (Lipinski definition) is 15. The van der Waals surface area contributed by atoms with E-state index in [1.807, 2.05) is 24.3 Å². The van der Waals surface area contributed by atoms with E-state index < -0.39 is 144 Å². The summed E-state index contributed by atoms with van der Waals surface area (Å²) in [7, 11) is 0. The van der Waals surface area contributed by atoms with Crippen LogP contribution in [0.3, 0.4) is 0 Å². The van der Waals surface area contributed by atoms with E-state index in [1.54, 1.807) is 26.0 Å². The monoisotopic (exact) mass is 1400 g/mol. The van der Waals surface area contributed by atoms with Gasteiger partial charge in [0.25, 0.3) is 0 Å². The van der Waals surface area contributed by atoms with E-state index in [9.17, 15) is 52.6 Å². The number of hydrogen-bond donors (Lipinski definition) is 12. The Labute approximate surface area is 577 Å². The number of Topliss-reactive ketones (excluding diaryl/α,β-unsaturated/α-hetero) is 1. The highest BCUT2D eigenvalue weighted by molar-refractivity contribution is 7.98. The average Bonchev–Trinajstić information content (AvgIpc) is 1.70. The molecule has 8 atom stereocenters. The SMILES string of the molecule is CCC[C@@H]1NC(=O)CCSCc2cccc(c2)CSC[C@@H](C(N)=O)CC(=O)[C@]2(C)CCCN2C(=O)[C@H](Cc2ccc(O)cc2)NC(=O)[C@H](Cc2cnc[nH]2)NC(=O)[C@H](CC(=O)O)NC(=O)[C@H](CC2=CCc3ccc(F)cc32)NC(=O)[C@H](Cc2c[nH]c3ccc(F)cc23)NC(=O)CNC1=O. The predicted octanol–water partition coefficient (Wildman–Crippen LogP) is 4.24. The summed E-state index contributed by atoms with van der Waals surface area (Å²) in [6.45, 7) is 2.74. The van der Waals surface area contributed by atoms with Crippen LogP contribution < -0.4 is 43.0 Å². The zero-order valence-corrected chi connectivity index (χ0v) is 56.2. The standard InChI is InChI=1S/C70H80F2N12O13S2/c1-3-6-53-64(92)76-34-61(88)79-54(26-44-32-75-52-18-15-47(72)29-51(44)52)65(93)80-55(25-43-12-11-42-13-14-46(71)28-50(42)43)66(94)82-57(31-62(89)90)68(96)81-56(30-48-33-74-38-77-48)67(95)83-58(24-39-9-16-49(85)17-10-39)69(97)84-21-5-20-70(84,2)59(86)27-45(63(73)91)37-99-36-41-8-4-7-40(23-41)35-98-22-19-60(87)78-53/h4,7-10,12-18,23,28-29,32-33,38,45,53-58,75,85H,3,5-6,11,19-22,24-27,30-31,34-37H2,1-2H3,(H2,73,91)(H,74,77)(H,76,92)(H,78,87)(H,79,88)(H,80,93)(H,81,96)(H,82,94)(H,83,95)(H,89,90)/t45-,53-,54-,55-,56-,57-,58-,70-/m0/s1. The van der Waals surface area contributed by atoms with Gasteiger partial charge < -0.3 is 68.0 Å². The van der Waals surface area contributed by atoms with Crippen LogP contribution in [0.15, 0.2) is 110 Å². The Bertz CT molecular complexity index is 4020. The summed E-state index contributed by atoms with van der Waals surface area (Å²) in [6, 6.07) is 11.8. The number of phenolic OH excluding ortho intramolecular Hbond substituents is 1. The largest absolute Gasteiger partial charge is 0.508 e. The summed E-state index contributed by atoms with van der Waals surface area (Å²) in [5, 5.41) is 39.2. The fraction of sp³-hybridized carbons (Fsp3) is 0.400. The predicted molar refractivity (Wildman–Crippen MR) is 366 cm³/mol. The molecular formula is C70H80F2N12O13S2. The maximum atomic E-state index is 15.2. The summed E-state index contributed by atoms with van der Waals surface area (Å²) in [6.07, 6.45) is 4.60. The molecule has 1 fully saturated rings. The molecule has 25 nitrogen and oxygen atoms in total. The fourth-order valence-electron chi connectivity index (χ4n) is 12.4. The minimum Gasteiger partial charge on any atom is -0.508 e. The van der Waals surface area contributed by atoms with Crippen molar-refractivity contribution in [2.45, 2.75) is 144 Å². The molecule has 13 N–H and O–H groups in total. The van der Waals surface area contributed by atoms with Gasteiger partial charge in [0, 0.05) is 97.1 Å². The summed E-state index contributed by atoms with van der Waals surface area (Å²) >= 11 is 2.88. The normalized spacial score (nSPS) is 23.4. The quantitative estimate of drug-likeness (QED) is 0.0769. The molecule has 0 spiro atoms. The number of nitrogens with one attached hydrogen (secondary N) is 9. The third-order valence-electron chi connectivity index (χ3n) is 17.8. The molecule has 524 valence electrons. The Morgan fingerprint density at radius 1 is 0.717 bits per heavy atom. The van der Waals surface area contributed by atoms with Crippen molar-refractivity contribution in [1.29, 1.82) is 0 Å². The van der Waals surface area contributed by atoms with E-state index in [0.29, 0.717) is 68.8 Å². The van der Waals surface area contributed by atoms with Gasteiger partial charge in [0.15, 0.2) is 5.78 Å². The van der Waals surface area contributed by atoms with Crippen molar-refractivity contribution in [1.82, 2.24) is 57.1 Å². The number of imidazole rings is 1. The van der Waals surface area contributed by atoms with Crippen LogP contribution in [0.5, 0.6) is 5.75 Å². The van der Waals surface area contributed by atoms with Crippen molar-refractivity contribution < 1.29 is 71.7 Å². The number of H-pyrrole nitrogens is 2. The Morgan fingerprint density at radius 3 is 2.07 bits per heavy atom. The lowest BCUT2D eigenvalue weighted by Crippen LogP contribution is -2.61. The molecule has 6 aromatic rings. The number of carboxylic acid groups (broad SMARTS) is 1. The van der Waals surface area contributed by atoms with Gasteiger partial charge in [-0.2, -0.15) is 23.5 Å². The molecule has 4 aromatic carbocycles. The highest BCUT2D eigenvalue weighted by Gasteiger charge is 2.48. The number of primary amides is 1.